The first-order valence-corrected chi connectivity index (χ1v) is 12.6. The number of hydrogen-bond acceptors (Lipinski definition) is 2. The van der Waals surface area contributed by atoms with Crippen molar-refractivity contribution in [1.29, 1.82) is 0 Å². The third-order valence-corrected chi connectivity index (χ3v) is 10.9. The highest BCUT2D eigenvalue weighted by Gasteiger charge is 2.40. The van der Waals surface area contributed by atoms with Crippen LogP contribution in [-0.4, -0.2) is 41.0 Å². The predicted molar refractivity (Wildman–Crippen MR) is 130 cm³/mol. The van der Waals surface area contributed by atoms with Gasteiger partial charge in [0.05, 0.1) is 0 Å². The van der Waals surface area contributed by atoms with E-state index in [4.69, 9.17) is 0 Å². The first-order chi connectivity index (χ1) is 12.1. The van der Waals surface area contributed by atoms with Crippen LogP contribution in [0.3, 0.4) is 0 Å². The average molecular weight is 437 g/mol. The maximum Gasteiger partial charge on any atom is 0.220 e. The van der Waals surface area contributed by atoms with Crippen molar-refractivity contribution >= 4 is 42.9 Å². The van der Waals surface area contributed by atoms with Gasteiger partial charge < -0.3 is 10.6 Å². The van der Waals surface area contributed by atoms with E-state index < -0.39 is 0 Å². The molecule has 0 aromatic heterocycles. The molecule has 1 fully saturated rings. The molecule has 0 aromatic carbocycles. The zero-order valence-electron chi connectivity index (χ0n) is 17.2. The van der Waals surface area contributed by atoms with E-state index in [0.29, 0.717) is 41.8 Å². The molecule has 0 spiro atoms. The van der Waals surface area contributed by atoms with Crippen molar-refractivity contribution in [2.24, 2.45) is 17.8 Å². The predicted octanol–water partition coefficient (Wildman–Crippen LogP) is 3.70. The van der Waals surface area contributed by atoms with E-state index >= 15 is 0 Å². The molecule has 3 nitrogen and oxygen atoms in total. The minimum absolute atomic E-state index is 0.0503. The van der Waals surface area contributed by atoms with E-state index in [1.807, 2.05) is 0 Å². The fourth-order valence-corrected chi connectivity index (χ4v) is 6.42. The van der Waals surface area contributed by atoms with Crippen LogP contribution in [0.1, 0.15) is 53.9 Å². The molecule has 0 saturated carbocycles. The fourth-order valence-electron chi connectivity index (χ4n) is 3.95. The second-order valence-corrected chi connectivity index (χ2v) is 10.9. The average Bonchev–Trinajstić information content (AvgIpc) is 2.67. The van der Waals surface area contributed by atoms with E-state index in [0.717, 1.165) is 12.8 Å². The standard InChI is InChI=1S/C19H41N2OP4/c1-6-11(3)19(5,12(4)7-2)21-14-9-20-15(22)8-13(10-23)16(24)18(26)17(14)25/h10-14,16-18,21H,6-9,23-26H2,1-5H3,(H,20,22). The second-order valence-electron chi connectivity index (χ2n) is 8.25. The minimum atomic E-state index is 0.0503. The maximum absolute atomic E-state index is 12.4. The number of carbonyl (C=O) groups is 1. The van der Waals surface area contributed by atoms with Crippen molar-refractivity contribution in [2.75, 3.05) is 6.54 Å². The molecule has 26 heavy (non-hydrogen) atoms. The van der Waals surface area contributed by atoms with Crippen molar-refractivity contribution in [1.82, 2.24) is 10.6 Å². The van der Waals surface area contributed by atoms with Gasteiger partial charge in [0.1, 0.15) is 0 Å². The van der Waals surface area contributed by atoms with E-state index in [2.05, 4.69) is 88.4 Å². The Labute approximate surface area is 171 Å². The van der Waals surface area contributed by atoms with Crippen LogP contribution in [0.25, 0.3) is 0 Å². The lowest BCUT2D eigenvalue weighted by Gasteiger charge is -2.46. The molecule has 2 N–H and O–H groups in total. The van der Waals surface area contributed by atoms with Crippen LogP contribution < -0.4 is 10.6 Å². The summed E-state index contributed by atoms with van der Waals surface area (Å²) in [5.74, 6) is 1.55. The third-order valence-electron chi connectivity index (χ3n) is 6.80. The molecule has 0 bridgehead atoms. The van der Waals surface area contributed by atoms with Gasteiger partial charge in [-0.15, -0.1) is 37.0 Å². The van der Waals surface area contributed by atoms with Gasteiger partial charge in [-0.2, -0.15) is 0 Å². The molecule has 1 saturated heterocycles. The molecule has 11 atom stereocenters. The van der Waals surface area contributed by atoms with Crippen LogP contribution >= 0.6 is 37.0 Å². The normalized spacial score (nSPS) is 35.4. The number of hydrogen-bond donors (Lipinski definition) is 2. The molecule has 1 rings (SSSR count). The monoisotopic (exact) mass is 437 g/mol. The highest BCUT2D eigenvalue weighted by Crippen LogP contribution is 2.37. The first kappa shape index (κ1) is 25.2. The zero-order valence-corrected chi connectivity index (χ0v) is 21.8. The quantitative estimate of drug-likeness (QED) is 0.597. The van der Waals surface area contributed by atoms with Gasteiger partial charge in [-0.1, -0.05) is 40.5 Å². The summed E-state index contributed by atoms with van der Waals surface area (Å²) in [6.45, 7) is 12.3. The summed E-state index contributed by atoms with van der Waals surface area (Å²) in [7, 11) is 11.8. The maximum atomic E-state index is 12.4. The summed E-state index contributed by atoms with van der Waals surface area (Å²) in [5, 5.41) is 7.19. The lowest BCUT2D eigenvalue weighted by Crippen LogP contribution is -2.62. The van der Waals surface area contributed by atoms with E-state index in [1.165, 1.54) is 0 Å². The highest BCUT2D eigenvalue weighted by atomic mass is 31.0. The molecule has 1 heterocycles. The molecule has 1 aliphatic rings. The summed E-state index contributed by atoms with van der Waals surface area (Å²) >= 11 is 0. The van der Waals surface area contributed by atoms with Gasteiger partial charge in [0.2, 0.25) is 5.91 Å². The molecule has 1 amide bonds. The lowest BCUT2D eigenvalue weighted by molar-refractivity contribution is -0.121. The highest BCUT2D eigenvalue weighted by molar-refractivity contribution is 7.26. The van der Waals surface area contributed by atoms with Gasteiger partial charge >= 0.3 is 0 Å². The number of rotatable bonds is 7. The van der Waals surface area contributed by atoms with E-state index in [9.17, 15) is 4.79 Å². The molecule has 153 valence electrons. The topological polar surface area (TPSA) is 41.1 Å². The summed E-state index contributed by atoms with van der Waals surface area (Å²) in [6.07, 6.45) is 4.95. The Kier molecular flexibility index (Phi) is 11.0. The molecular weight excluding hydrogens is 396 g/mol. The van der Waals surface area contributed by atoms with Gasteiger partial charge in [-0.05, 0) is 47.8 Å². The van der Waals surface area contributed by atoms with Gasteiger partial charge in [0.15, 0.2) is 0 Å². The third kappa shape index (κ3) is 6.07. The summed E-state index contributed by atoms with van der Waals surface area (Å²) < 4.78 is 0. The van der Waals surface area contributed by atoms with Crippen LogP contribution in [0.4, 0.5) is 0 Å². The number of amides is 1. The zero-order chi connectivity index (χ0) is 20.1. The smallest absolute Gasteiger partial charge is 0.220 e. The van der Waals surface area contributed by atoms with Crippen LogP contribution in [0, 0.1) is 23.9 Å². The fraction of sp³-hybridized carbons (Fsp3) is 0.895. The van der Waals surface area contributed by atoms with Crippen molar-refractivity contribution in [3.63, 3.8) is 0 Å². The number of nitrogens with one attached hydrogen (secondary N) is 2. The second kappa shape index (κ2) is 11.4. The van der Waals surface area contributed by atoms with Crippen LogP contribution in [-0.2, 0) is 4.79 Å². The van der Waals surface area contributed by atoms with E-state index in [-0.39, 0.29) is 23.4 Å². The Balaban J connectivity index is 3.12. The van der Waals surface area contributed by atoms with Crippen molar-refractivity contribution < 1.29 is 4.79 Å². The Morgan fingerprint density at radius 3 is 2.15 bits per heavy atom. The van der Waals surface area contributed by atoms with Gasteiger partial charge in [-0.3, -0.25) is 4.79 Å². The molecule has 1 radical (unpaired) electrons. The molecule has 1 aliphatic heterocycles. The SMILES string of the molecule is CCC(C)C(C)(NC1CNC(=O)CC([CH]P)C(P)C(P)C1P)C(C)CC. The summed E-state index contributed by atoms with van der Waals surface area (Å²) in [6, 6.07) is 0.228. The molecule has 11 unspecified atom stereocenters. The summed E-state index contributed by atoms with van der Waals surface area (Å²) in [5.41, 5.74) is 1.16. The van der Waals surface area contributed by atoms with Crippen LogP contribution in [0.5, 0.6) is 0 Å². The number of carbonyl (C=O) groups excluding carboxylic acids is 1. The molecule has 7 heteroatoms. The van der Waals surface area contributed by atoms with Crippen molar-refractivity contribution in [3.05, 3.63) is 6.16 Å². The Morgan fingerprint density at radius 2 is 1.69 bits per heavy atom. The minimum Gasteiger partial charge on any atom is -0.355 e. The molecular formula is C19H41N2OP4. The molecule has 0 aliphatic carbocycles. The van der Waals surface area contributed by atoms with Crippen LogP contribution in [0.2, 0.25) is 0 Å². The largest absolute Gasteiger partial charge is 0.355 e. The van der Waals surface area contributed by atoms with Gasteiger partial charge in [0, 0.05) is 24.5 Å². The Hall–Kier alpha value is 1.15. The van der Waals surface area contributed by atoms with Crippen molar-refractivity contribution in [2.45, 2.75) is 82.4 Å². The first-order valence-electron chi connectivity index (χ1n) is 9.98. The Bertz CT molecular complexity index is 441. The Morgan fingerprint density at radius 1 is 1.15 bits per heavy atom. The van der Waals surface area contributed by atoms with Crippen molar-refractivity contribution in [3.8, 4) is 0 Å². The van der Waals surface area contributed by atoms with Crippen LogP contribution in [0.15, 0.2) is 0 Å². The van der Waals surface area contributed by atoms with Gasteiger partial charge in [0.25, 0.3) is 0 Å². The van der Waals surface area contributed by atoms with Gasteiger partial charge in [-0.25, -0.2) is 0 Å². The molecule has 0 aromatic rings. The summed E-state index contributed by atoms with van der Waals surface area (Å²) in [4.78, 5) is 12.4. The van der Waals surface area contributed by atoms with E-state index in [1.54, 1.807) is 0 Å². The lowest BCUT2D eigenvalue weighted by atomic mass is 9.73.